The molecule has 2 saturated carbocycles. The van der Waals surface area contributed by atoms with E-state index in [1.165, 1.54) is 18.2 Å². The third-order valence-electron chi connectivity index (χ3n) is 5.47. The van der Waals surface area contributed by atoms with Gasteiger partial charge in [0, 0.05) is 5.41 Å². The third kappa shape index (κ3) is 2.26. The summed E-state index contributed by atoms with van der Waals surface area (Å²) in [7, 11) is 0. The molecule has 1 aromatic rings. The zero-order valence-corrected chi connectivity index (χ0v) is 13.0. The number of benzene rings is 1. The number of fused-ring (bicyclic) bond motifs is 2. The van der Waals surface area contributed by atoms with Crippen LogP contribution in [0.2, 0.25) is 0 Å². The van der Waals surface area contributed by atoms with E-state index in [4.69, 9.17) is 0 Å². The van der Waals surface area contributed by atoms with Crippen LogP contribution in [0, 0.1) is 16.7 Å². The van der Waals surface area contributed by atoms with E-state index >= 15 is 0 Å². The maximum atomic E-state index is 13.0. The largest absolute Gasteiger partial charge is 0.418 e. The van der Waals surface area contributed by atoms with E-state index in [2.05, 4.69) is 5.32 Å². The van der Waals surface area contributed by atoms with Gasteiger partial charge in [-0.1, -0.05) is 26.0 Å². The lowest BCUT2D eigenvalue weighted by Gasteiger charge is -2.32. The number of carbonyl (C=O) groups is 2. The van der Waals surface area contributed by atoms with E-state index in [0.717, 1.165) is 12.5 Å². The van der Waals surface area contributed by atoms with Crippen molar-refractivity contribution in [1.82, 2.24) is 0 Å². The molecule has 2 aliphatic rings. The monoisotopic (exact) mass is 325 g/mol. The Morgan fingerprint density at radius 1 is 1.26 bits per heavy atom. The summed E-state index contributed by atoms with van der Waals surface area (Å²) in [6, 6.07) is 4.84. The third-order valence-corrected chi connectivity index (χ3v) is 5.47. The molecule has 0 unspecified atom stereocenters. The second-order valence-electron chi connectivity index (χ2n) is 7.07. The minimum atomic E-state index is -4.56. The minimum absolute atomic E-state index is 0.124. The number of Topliss-reactive ketones (excluding diaryl/α,β-unsaturated/α-hetero) is 1. The van der Waals surface area contributed by atoms with Crippen LogP contribution in [-0.4, -0.2) is 11.7 Å². The molecule has 3 rings (SSSR count). The van der Waals surface area contributed by atoms with Crippen LogP contribution in [-0.2, 0) is 15.8 Å². The number of hydrogen-bond donors (Lipinski definition) is 1. The van der Waals surface area contributed by atoms with Gasteiger partial charge in [-0.05, 0) is 37.3 Å². The summed E-state index contributed by atoms with van der Waals surface area (Å²) in [5, 5.41) is 2.37. The summed E-state index contributed by atoms with van der Waals surface area (Å²) < 4.78 is 39.1. The Morgan fingerprint density at radius 2 is 1.91 bits per heavy atom. The van der Waals surface area contributed by atoms with Crippen LogP contribution in [0.15, 0.2) is 24.3 Å². The lowest BCUT2D eigenvalue weighted by atomic mass is 9.70. The fourth-order valence-corrected chi connectivity index (χ4v) is 4.06. The summed E-state index contributed by atoms with van der Waals surface area (Å²) in [6.07, 6.45) is -2.95. The van der Waals surface area contributed by atoms with Gasteiger partial charge in [-0.3, -0.25) is 9.59 Å². The number of ketones is 1. The first kappa shape index (κ1) is 16.0. The Hall–Kier alpha value is -1.85. The van der Waals surface area contributed by atoms with Gasteiger partial charge in [-0.25, -0.2) is 0 Å². The van der Waals surface area contributed by atoms with Crippen molar-refractivity contribution in [2.75, 3.05) is 5.32 Å². The van der Waals surface area contributed by atoms with Crippen molar-refractivity contribution in [2.45, 2.75) is 39.3 Å². The van der Waals surface area contributed by atoms with Crippen molar-refractivity contribution < 1.29 is 22.8 Å². The predicted octanol–water partition coefficient (Wildman–Crippen LogP) is 4.04. The fourth-order valence-electron chi connectivity index (χ4n) is 4.06. The van der Waals surface area contributed by atoms with Crippen LogP contribution in [0.25, 0.3) is 0 Å². The van der Waals surface area contributed by atoms with Gasteiger partial charge in [0.25, 0.3) is 0 Å². The van der Waals surface area contributed by atoms with Gasteiger partial charge >= 0.3 is 6.18 Å². The van der Waals surface area contributed by atoms with Crippen LogP contribution in [0.4, 0.5) is 18.9 Å². The smallest absolute Gasteiger partial charge is 0.325 e. The topological polar surface area (TPSA) is 46.2 Å². The van der Waals surface area contributed by atoms with Crippen molar-refractivity contribution in [2.24, 2.45) is 16.7 Å². The number of halogens is 3. The number of hydrogen-bond acceptors (Lipinski definition) is 2. The molecule has 2 atom stereocenters. The Kier molecular flexibility index (Phi) is 3.36. The molecule has 1 aromatic carbocycles. The fraction of sp³-hybridized carbons (Fsp3) is 0.529. The predicted molar refractivity (Wildman–Crippen MR) is 78.6 cm³/mol. The maximum absolute atomic E-state index is 13.0. The number of amides is 1. The molecule has 3 nitrogen and oxygen atoms in total. The Bertz CT molecular complexity index is 681. The number of rotatable bonds is 2. The zero-order valence-electron chi connectivity index (χ0n) is 13.0. The molecule has 23 heavy (non-hydrogen) atoms. The maximum Gasteiger partial charge on any atom is 0.418 e. The molecule has 0 radical (unpaired) electrons. The van der Waals surface area contributed by atoms with E-state index in [-0.39, 0.29) is 17.4 Å². The normalized spacial score (nSPS) is 28.9. The van der Waals surface area contributed by atoms with Gasteiger partial charge in [-0.2, -0.15) is 13.2 Å². The number of para-hydroxylation sites is 1. The summed E-state index contributed by atoms with van der Waals surface area (Å²) in [5.74, 6) is -0.630. The number of anilines is 1. The molecule has 1 amide bonds. The van der Waals surface area contributed by atoms with E-state index in [1.54, 1.807) is 0 Å². The summed E-state index contributed by atoms with van der Waals surface area (Å²) in [4.78, 5) is 25.3. The molecule has 124 valence electrons. The van der Waals surface area contributed by atoms with Crippen LogP contribution in [0.1, 0.15) is 38.7 Å². The first-order valence-corrected chi connectivity index (χ1v) is 7.61. The van der Waals surface area contributed by atoms with Crippen LogP contribution < -0.4 is 5.32 Å². The lowest BCUT2D eigenvalue weighted by molar-refractivity contribution is -0.142. The van der Waals surface area contributed by atoms with Gasteiger partial charge < -0.3 is 5.32 Å². The van der Waals surface area contributed by atoms with Crippen molar-refractivity contribution in [3.63, 3.8) is 0 Å². The number of nitrogens with one attached hydrogen (secondary N) is 1. The first-order chi connectivity index (χ1) is 10.6. The van der Waals surface area contributed by atoms with Crippen molar-refractivity contribution in [1.29, 1.82) is 0 Å². The zero-order chi connectivity index (χ0) is 17.0. The first-order valence-electron chi connectivity index (χ1n) is 7.61. The average molecular weight is 325 g/mol. The highest BCUT2D eigenvalue weighted by molar-refractivity contribution is 6.15. The molecular formula is C17H18F3NO2. The summed E-state index contributed by atoms with van der Waals surface area (Å²) in [6.45, 7) is 3.63. The quantitative estimate of drug-likeness (QED) is 0.834. The van der Waals surface area contributed by atoms with Gasteiger partial charge in [0.15, 0.2) is 5.78 Å². The summed E-state index contributed by atoms with van der Waals surface area (Å²) in [5.41, 5.74) is -2.95. The molecule has 2 bridgehead atoms. The molecule has 0 aliphatic heterocycles. The average Bonchev–Trinajstić information content (AvgIpc) is 2.99. The second kappa shape index (κ2) is 4.82. The molecule has 1 N–H and O–H groups in total. The van der Waals surface area contributed by atoms with Crippen LogP contribution in [0.5, 0.6) is 0 Å². The van der Waals surface area contributed by atoms with Gasteiger partial charge in [0.1, 0.15) is 5.41 Å². The van der Waals surface area contributed by atoms with Crippen molar-refractivity contribution in [3.05, 3.63) is 29.8 Å². The van der Waals surface area contributed by atoms with E-state index in [9.17, 15) is 22.8 Å². The highest BCUT2D eigenvalue weighted by atomic mass is 19.4. The molecule has 0 heterocycles. The van der Waals surface area contributed by atoms with E-state index in [1.807, 2.05) is 13.8 Å². The second-order valence-corrected chi connectivity index (χ2v) is 7.07. The molecule has 0 spiro atoms. The van der Waals surface area contributed by atoms with Gasteiger partial charge in [-0.15, -0.1) is 0 Å². The minimum Gasteiger partial charge on any atom is -0.325 e. The summed E-state index contributed by atoms with van der Waals surface area (Å²) >= 11 is 0. The number of carbonyl (C=O) groups excluding carboxylic acids is 2. The Balaban J connectivity index is 1.91. The van der Waals surface area contributed by atoms with Gasteiger partial charge in [0.05, 0.1) is 11.3 Å². The van der Waals surface area contributed by atoms with Crippen molar-refractivity contribution >= 4 is 17.4 Å². The standard InChI is InChI=1S/C17H18F3NO2/c1-15(2)10-7-8-16(9-10,13(15)22)14(23)21-12-6-4-3-5-11(12)17(18,19)20/h3-6,10H,7-9H2,1-2H3,(H,21,23)/t10-,16-/m0/s1. The van der Waals surface area contributed by atoms with Gasteiger partial charge in [0.2, 0.25) is 5.91 Å². The highest BCUT2D eigenvalue weighted by Gasteiger charge is 2.65. The van der Waals surface area contributed by atoms with Crippen molar-refractivity contribution in [3.8, 4) is 0 Å². The molecule has 2 aliphatic carbocycles. The highest BCUT2D eigenvalue weighted by Crippen LogP contribution is 2.60. The molecule has 2 fully saturated rings. The molecular weight excluding hydrogens is 307 g/mol. The van der Waals surface area contributed by atoms with E-state index in [0.29, 0.717) is 12.8 Å². The molecule has 0 saturated heterocycles. The SMILES string of the molecule is CC1(C)C(=O)[C@]2(C(=O)Nc3ccccc3C(F)(F)F)CC[C@H]1C2. The Labute approximate surface area is 132 Å². The van der Waals surface area contributed by atoms with E-state index < -0.39 is 28.5 Å². The van der Waals surface area contributed by atoms with Crippen LogP contribution >= 0.6 is 0 Å². The molecule has 0 aromatic heterocycles. The lowest BCUT2D eigenvalue weighted by Crippen LogP contribution is -2.44. The number of alkyl halides is 3. The molecule has 6 heteroatoms. The van der Waals surface area contributed by atoms with Crippen LogP contribution in [0.3, 0.4) is 0 Å². The Morgan fingerprint density at radius 3 is 2.48 bits per heavy atom.